The van der Waals surface area contributed by atoms with Crippen LogP contribution in [0.5, 0.6) is 0 Å². The minimum atomic E-state index is -0.333. The molecule has 1 atom stereocenters. The Bertz CT molecular complexity index is 577. The average Bonchev–Trinajstić information content (AvgIpc) is 2.64. The number of benzene rings is 1. The normalized spacial score (nSPS) is 21.0. The highest BCUT2D eigenvalue weighted by Crippen LogP contribution is 2.43. The summed E-state index contributed by atoms with van der Waals surface area (Å²) in [4.78, 5) is 0. The monoisotopic (exact) mass is 313 g/mol. The topological polar surface area (TPSA) is 42.2 Å². The third-order valence-electron chi connectivity index (χ3n) is 4.90. The van der Waals surface area contributed by atoms with Gasteiger partial charge in [-0.25, -0.2) is 0 Å². The van der Waals surface area contributed by atoms with Gasteiger partial charge in [-0.15, -0.1) is 0 Å². The first-order valence-corrected chi connectivity index (χ1v) is 8.31. The smallest absolute Gasteiger partial charge is 0.403 e. The van der Waals surface area contributed by atoms with Crippen molar-refractivity contribution in [3.63, 3.8) is 0 Å². The number of nitriles is 1. The predicted octanol–water partition coefficient (Wildman–Crippen LogP) is 4.71. The van der Waals surface area contributed by atoms with Crippen LogP contribution in [0.1, 0.15) is 71.8 Å². The van der Waals surface area contributed by atoms with E-state index in [0.717, 1.165) is 12.0 Å². The Morgan fingerprint density at radius 2 is 1.52 bits per heavy atom. The molecule has 0 saturated carbocycles. The molecule has 1 aliphatic rings. The Kier molecular flexibility index (Phi) is 4.68. The van der Waals surface area contributed by atoms with Crippen molar-refractivity contribution in [1.82, 2.24) is 0 Å². The van der Waals surface area contributed by atoms with Crippen molar-refractivity contribution < 1.29 is 9.31 Å². The van der Waals surface area contributed by atoms with Crippen LogP contribution in [0.25, 0.3) is 0 Å². The molecule has 0 aromatic heterocycles. The summed E-state index contributed by atoms with van der Waals surface area (Å²) in [6.07, 6.45) is 0.954. The average molecular weight is 313 g/mol. The van der Waals surface area contributed by atoms with Crippen LogP contribution in [0.3, 0.4) is 0 Å². The lowest BCUT2D eigenvalue weighted by molar-refractivity contribution is 0.00578. The van der Waals surface area contributed by atoms with Gasteiger partial charge in [-0.3, -0.25) is 0 Å². The van der Waals surface area contributed by atoms with E-state index in [1.54, 1.807) is 0 Å². The summed E-state index contributed by atoms with van der Waals surface area (Å²) in [5, 5.41) is 9.00. The quantitative estimate of drug-likeness (QED) is 0.759. The molecule has 0 aliphatic carbocycles. The molecule has 2 rings (SSSR count). The van der Waals surface area contributed by atoms with Crippen LogP contribution in [0.2, 0.25) is 0 Å². The molecule has 0 radical (unpaired) electrons. The molecule has 4 heteroatoms. The van der Waals surface area contributed by atoms with E-state index < -0.39 is 0 Å². The Balaban J connectivity index is 2.34. The van der Waals surface area contributed by atoms with Crippen LogP contribution in [-0.4, -0.2) is 18.3 Å². The summed E-state index contributed by atoms with van der Waals surface area (Å²) < 4.78 is 12.6. The van der Waals surface area contributed by atoms with Crippen LogP contribution in [0.15, 0.2) is 24.3 Å². The minimum absolute atomic E-state index is 0.142. The number of nitrogens with zero attached hydrogens (tertiary/aromatic N) is 1. The third kappa shape index (κ3) is 3.97. The van der Waals surface area contributed by atoms with Crippen molar-refractivity contribution in [2.75, 3.05) is 0 Å². The van der Waals surface area contributed by atoms with Gasteiger partial charge in [0.25, 0.3) is 0 Å². The van der Waals surface area contributed by atoms with Gasteiger partial charge >= 0.3 is 7.12 Å². The van der Waals surface area contributed by atoms with Crippen molar-refractivity contribution in [3.8, 4) is 6.07 Å². The van der Waals surface area contributed by atoms with Crippen LogP contribution in [0.4, 0.5) is 0 Å². The van der Waals surface area contributed by atoms with Gasteiger partial charge in [0.15, 0.2) is 0 Å². The first-order chi connectivity index (χ1) is 10.5. The summed E-state index contributed by atoms with van der Waals surface area (Å²) in [5.74, 6) is 0.142. The fourth-order valence-electron chi connectivity index (χ4n) is 2.89. The fraction of sp³-hybridized carbons (Fsp3) is 0.632. The van der Waals surface area contributed by atoms with Gasteiger partial charge in [-0.05, 0) is 57.2 Å². The van der Waals surface area contributed by atoms with Gasteiger partial charge in [0.1, 0.15) is 0 Å². The maximum absolute atomic E-state index is 9.00. The summed E-state index contributed by atoms with van der Waals surface area (Å²) in [7, 11) is -0.271. The lowest BCUT2D eigenvalue weighted by Gasteiger charge is -2.32. The summed E-state index contributed by atoms with van der Waals surface area (Å²) in [6, 6.07) is 9.97. The van der Waals surface area contributed by atoms with Crippen LogP contribution >= 0.6 is 0 Å². The Morgan fingerprint density at radius 3 is 1.91 bits per heavy atom. The fourth-order valence-corrected chi connectivity index (χ4v) is 2.89. The van der Waals surface area contributed by atoms with Gasteiger partial charge in [0.05, 0.1) is 22.8 Å². The molecule has 124 valence electrons. The van der Waals surface area contributed by atoms with Crippen LogP contribution < -0.4 is 0 Å². The molecule has 1 aromatic carbocycles. The summed E-state index contributed by atoms with van der Waals surface area (Å²) in [5.41, 5.74) is 1.33. The van der Waals surface area contributed by atoms with Gasteiger partial charge in [-0.2, -0.15) is 5.26 Å². The zero-order valence-electron chi connectivity index (χ0n) is 15.4. The molecule has 1 aromatic rings. The van der Waals surface area contributed by atoms with E-state index in [-0.39, 0.29) is 29.6 Å². The molecule has 1 unspecified atom stereocenters. The molecule has 1 saturated heterocycles. The van der Waals surface area contributed by atoms with Gasteiger partial charge in [0.2, 0.25) is 0 Å². The molecule has 0 bridgehead atoms. The van der Waals surface area contributed by atoms with E-state index in [2.05, 4.69) is 54.5 Å². The first-order valence-electron chi connectivity index (χ1n) is 8.31. The second kappa shape index (κ2) is 5.96. The van der Waals surface area contributed by atoms with Crippen molar-refractivity contribution in [1.29, 1.82) is 5.26 Å². The molecule has 1 heterocycles. The molecule has 23 heavy (non-hydrogen) atoms. The highest BCUT2D eigenvalue weighted by Gasteiger charge is 2.54. The number of hydrogen-bond donors (Lipinski definition) is 0. The highest BCUT2D eigenvalue weighted by atomic mass is 16.7. The Labute approximate surface area is 141 Å². The summed E-state index contributed by atoms with van der Waals surface area (Å²) >= 11 is 0. The van der Waals surface area contributed by atoms with Crippen LogP contribution in [-0.2, 0) is 9.31 Å². The molecule has 1 aliphatic heterocycles. The Morgan fingerprint density at radius 1 is 1.04 bits per heavy atom. The van der Waals surface area contributed by atoms with E-state index >= 15 is 0 Å². The van der Waals surface area contributed by atoms with E-state index in [1.807, 2.05) is 24.3 Å². The third-order valence-corrected chi connectivity index (χ3v) is 4.90. The van der Waals surface area contributed by atoms with Gasteiger partial charge in [-0.1, -0.05) is 32.9 Å². The van der Waals surface area contributed by atoms with Crippen molar-refractivity contribution >= 4 is 7.12 Å². The molecule has 0 amide bonds. The van der Waals surface area contributed by atoms with Crippen molar-refractivity contribution in [2.45, 2.75) is 71.9 Å². The largest absolute Gasteiger partial charge is 0.465 e. The SMILES string of the molecule is CC(C)(C)CC(B1OC(C)(C)C(C)(C)O1)c1ccc(C#N)cc1. The number of hydrogen-bond acceptors (Lipinski definition) is 3. The zero-order valence-corrected chi connectivity index (χ0v) is 15.4. The van der Waals surface area contributed by atoms with Crippen molar-refractivity contribution in [2.24, 2.45) is 5.41 Å². The van der Waals surface area contributed by atoms with E-state index in [1.165, 1.54) is 0 Å². The lowest BCUT2D eigenvalue weighted by atomic mass is 9.62. The summed E-state index contributed by atoms with van der Waals surface area (Å²) in [6.45, 7) is 15.0. The second-order valence-corrected chi connectivity index (χ2v) is 8.73. The molecule has 1 fully saturated rings. The van der Waals surface area contributed by atoms with E-state index in [9.17, 15) is 0 Å². The van der Waals surface area contributed by atoms with Crippen LogP contribution in [0, 0.1) is 16.7 Å². The first kappa shape index (κ1) is 18.0. The van der Waals surface area contributed by atoms with E-state index in [4.69, 9.17) is 14.6 Å². The zero-order chi connectivity index (χ0) is 17.5. The standard InChI is InChI=1S/C19H28BNO2/c1-17(2,3)12-16(15-10-8-14(13-21)9-11-15)20-22-18(4,5)19(6,7)23-20/h8-11,16H,12H2,1-7H3. The minimum Gasteiger partial charge on any atom is -0.403 e. The Hall–Kier alpha value is -1.31. The maximum Gasteiger partial charge on any atom is 0.465 e. The molecule has 0 N–H and O–H groups in total. The highest BCUT2D eigenvalue weighted by molar-refractivity contribution is 6.47. The second-order valence-electron chi connectivity index (χ2n) is 8.73. The predicted molar refractivity (Wildman–Crippen MR) is 94.1 cm³/mol. The van der Waals surface area contributed by atoms with Crippen molar-refractivity contribution in [3.05, 3.63) is 35.4 Å². The molecule has 3 nitrogen and oxygen atoms in total. The lowest BCUT2D eigenvalue weighted by Crippen LogP contribution is -2.41. The van der Waals surface area contributed by atoms with Gasteiger partial charge < -0.3 is 9.31 Å². The molecular weight excluding hydrogens is 285 g/mol. The number of rotatable bonds is 3. The van der Waals surface area contributed by atoms with E-state index in [0.29, 0.717) is 5.56 Å². The molecular formula is C19H28BNO2. The molecule has 0 spiro atoms. The van der Waals surface area contributed by atoms with Gasteiger partial charge in [0, 0.05) is 5.82 Å². The maximum atomic E-state index is 9.00.